The molecule has 0 bridgehead atoms. The first kappa shape index (κ1) is 20.2. The predicted molar refractivity (Wildman–Crippen MR) is 102 cm³/mol. The van der Waals surface area contributed by atoms with E-state index < -0.39 is 24.5 Å². The second kappa shape index (κ2) is 10.1. The van der Waals surface area contributed by atoms with E-state index in [0.29, 0.717) is 12.1 Å². The van der Waals surface area contributed by atoms with Crippen LogP contribution in [0.3, 0.4) is 0 Å². The molecule has 0 spiro atoms. The number of amides is 2. The van der Waals surface area contributed by atoms with Crippen molar-refractivity contribution in [2.24, 2.45) is 5.92 Å². The zero-order valence-electron chi connectivity index (χ0n) is 15.5. The van der Waals surface area contributed by atoms with Crippen LogP contribution in [0, 0.1) is 5.92 Å². The summed E-state index contributed by atoms with van der Waals surface area (Å²) in [5.41, 5.74) is 1.41. The third-order valence-electron chi connectivity index (χ3n) is 3.92. The zero-order valence-corrected chi connectivity index (χ0v) is 15.5. The first-order chi connectivity index (χ1) is 13.0. The van der Waals surface area contributed by atoms with Gasteiger partial charge in [-0.05, 0) is 23.6 Å². The van der Waals surface area contributed by atoms with E-state index in [1.165, 1.54) is 0 Å². The Bertz CT molecular complexity index is 760. The van der Waals surface area contributed by atoms with Crippen LogP contribution < -0.4 is 10.6 Å². The summed E-state index contributed by atoms with van der Waals surface area (Å²) in [5, 5.41) is 5.35. The maximum atomic E-state index is 12.3. The van der Waals surface area contributed by atoms with Gasteiger partial charge in [0, 0.05) is 12.1 Å². The molecule has 0 heterocycles. The molecule has 2 N–H and O–H groups in total. The standard InChI is InChI=1S/C21H24N2O4/c1-15(2)19(23-20(25)17-11-7-4-8-12-17)21(26)27-14-18(24)22-13-16-9-5-3-6-10-16/h3-12,15,19H,13-14H2,1-2H3,(H,22,24)(H,23,25)/t19-/m1/s1. The number of carbonyl (C=O) groups excluding carboxylic acids is 3. The lowest BCUT2D eigenvalue weighted by Gasteiger charge is -2.20. The summed E-state index contributed by atoms with van der Waals surface area (Å²) in [5.74, 6) is -1.58. The highest BCUT2D eigenvalue weighted by Crippen LogP contribution is 2.07. The molecule has 2 aromatic carbocycles. The van der Waals surface area contributed by atoms with Gasteiger partial charge in [0.2, 0.25) is 0 Å². The fourth-order valence-electron chi connectivity index (χ4n) is 2.39. The second-order valence-corrected chi connectivity index (χ2v) is 6.43. The third kappa shape index (κ3) is 6.58. The van der Waals surface area contributed by atoms with Gasteiger partial charge < -0.3 is 15.4 Å². The lowest BCUT2D eigenvalue weighted by molar-refractivity contribution is -0.151. The van der Waals surface area contributed by atoms with Gasteiger partial charge in [0.25, 0.3) is 11.8 Å². The number of ether oxygens (including phenoxy) is 1. The monoisotopic (exact) mass is 368 g/mol. The van der Waals surface area contributed by atoms with Crippen LogP contribution in [-0.2, 0) is 20.9 Å². The van der Waals surface area contributed by atoms with Gasteiger partial charge in [0.15, 0.2) is 6.61 Å². The molecular weight excluding hydrogens is 344 g/mol. The van der Waals surface area contributed by atoms with E-state index in [9.17, 15) is 14.4 Å². The number of rotatable bonds is 8. The Balaban J connectivity index is 1.83. The Hall–Kier alpha value is -3.15. The molecule has 142 valence electrons. The summed E-state index contributed by atoms with van der Waals surface area (Å²) in [7, 11) is 0. The summed E-state index contributed by atoms with van der Waals surface area (Å²) in [6.45, 7) is 3.56. The molecule has 0 saturated carbocycles. The molecule has 0 aliphatic rings. The van der Waals surface area contributed by atoms with Crippen molar-refractivity contribution in [1.29, 1.82) is 0 Å². The van der Waals surface area contributed by atoms with Crippen molar-refractivity contribution < 1.29 is 19.1 Å². The Kier molecular flexibility index (Phi) is 7.55. The molecule has 0 radical (unpaired) electrons. The highest BCUT2D eigenvalue weighted by molar-refractivity contribution is 5.97. The maximum Gasteiger partial charge on any atom is 0.329 e. The Morgan fingerprint density at radius 3 is 2.11 bits per heavy atom. The number of esters is 1. The number of hydrogen-bond acceptors (Lipinski definition) is 4. The first-order valence-corrected chi connectivity index (χ1v) is 8.80. The summed E-state index contributed by atoms with van der Waals surface area (Å²) in [6.07, 6.45) is 0. The predicted octanol–water partition coefficient (Wildman–Crippen LogP) is 2.30. The largest absolute Gasteiger partial charge is 0.454 e. The molecule has 1 atom stereocenters. The molecule has 0 aromatic heterocycles. The van der Waals surface area contributed by atoms with Crippen molar-refractivity contribution in [1.82, 2.24) is 10.6 Å². The quantitative estimate of drug-likeness (QED) is 0.700. The lowest BCUT2D eigenvalue weighted by atomic mass is 10.0. The van der Waals surface area contributed by atoms with Gasteiger partial charge in [-0.1, -0.05) is 62.4 Å². The third-order valence-corrected chi connectivity index (χ3v) is 3.92. The van der Waals surface area contributed by atoms with Crippen LogP contribution in [0.1, 0.15) is 29.8 Å². The molecule has 6 nitrogen and oxygen atoms in total. The molecular formula is C21H24N2O4. The molecule has 2 amide bonds. The van der Waals surface area contributed by atoms with Gasteiger partial charge in [-0.2, -0.15) is 0 Å². The van der Waals surface area contributed by atoms with Crippen molar-refractivity contribution in [3.05, 3.63) is 71.8 Å². The van der Waals surface area contributed by atoms with Crippen LogP contribution in [0.25, 0.3) is 0 Å². The summed E-state index contributed by atoms with van der Waals surface area (Å²) in [4.78, 5) is 36.5. The number of benzene rings is 2. The fraction of sp³-hybridized carbons (Fsp3) is 0.286. The van der Waals surface area contributed by atoms with Crippen molar-refractivity contribution >= 4 is 17.8 Å². The average Bonchev–Trinajstić information content (AvgIpc) is 2.69. The van der Waals surface area contributed by atoms with Crippen LogP contribution in [-0.4, -0.2) is 30.4 Å². The summed E-state index contributed by atoms with van der Waals surface area (Å²) < 4.78 is 5.09. The first-order valence-electron chi connectivity index (χ1n) is 8.80. The van der Waals surface area contributed by atoms with Gasteiger partial charge >= 0.3 is 5.97 Å². The minimum atomic E-state index is -0.834. The number of hydrogen-bond donors (Lipinski definition) is 2. The van der Waals surface area contributed by atoms with E-state index in [1.54, 1.807) is 44.2 Å². The number of carbonyl (C=O) groups is 3. The average molecular weight is 368 g/mol. The van der Waals surface area contributed by atoms with Crippen molar-refractivity contribution in [2.45, 2.75) is 26.4 Å². The van der Waals surface area contributed by atoms with Gasteiger partial charge in [-0.25, -0.2) is 4.79 Å². The van der Waals surface area contributed by atoms with Crippen LogP contribution in [0.2, 0.25) is 0 Å². The molecule has 0 saturated heterocycles. The van der Waals surface area contributed by atoms with E-state index >= 15 is 0 Å². The highest BCUT2D eigenvalue weighted by atomic mass is 16.5. The Labute approximate surface area is 158 Å². The van der Waals surface area contributed by atoms with Crippen LogP contribution in [0.5, 0.6) is 0 Å². The van der Waals surface area contributed by atoms with E-state index in [2.05, 4.69) is 10.6 Å². The van der Waals surface area contributed by atoms with E-state index in [1.807, 2.05) is 30.3 Å². The minimum Gasteiger partial charge on any atom is -0.454 e. The molecule has 0 fully saturated rings. The lowest BCUT2D eigenvalue weighted by Crippen LogP contribution is -2.46. The van der Waals surface area contributed by atoms with Gasteiger partial charge in [0.1, 0.15) is 6.04 Å². The van der Waals surface area contributed by atoms with E-state index in [-0.39, 0.29) is 11.8 Å². The fourth-order valence-corrected chi connectivity index (χ4v) is 2.39. The van der Waals surface area contributed by atoms with Gasteiger partial charge in [-0.15, -0.1) is 0 Å². The Morgan fingerprint density at radius 2 is 1.52 bits per heavy atom. The van der Waals surface area contributed by atoms with Crippen molar-refractivity contribution in [3.8, 4) is 0 Å². The molecule has 2 aromatic rings. The summed E-state index contributed by atoms with van der Waals surface area (Å²) >= 11 is 0. The van der Waals surface area contributed by atoms with Crippen LogP contribution >= 0.6 is 0 Å². The normalized spacial score (nSPS) is 11.5. The molecule has 0 unspecified atom stereocenters. The van der Waals surface area contributed by atoms with E-state index in [0.717, 1.165) is 5.56 Å². The van der Waals surface area contributed by atoms with Crippen molar-refractivity contribution in [3.63, 3.8) is 0 Å². The molecule has 0 aliphatic heterocycles. The second-order valence-electron chi connectivity index (χ2n) is 6.43. The summed E-state index contributed by atoms with van der Waals surface area (Å²) in [6, 6.07) is 17.2. The van der Waals surface area contributed by atoms with E-state index in [4.69, 9.17) is 4.74 Å². The topological polar surface area (TPSA) is 84.5 Å². The SMILES string of the molecule is CC(C)[C@@H](NC(=O)c1ccccc1)C(=O)OCC(=O)NCc1ccccc1. The Morgan fingerprint density at radius 1 is 0.926 bits per heavy atom. The van der Waals surface area contributed by atoms with Gasteiger partial charge in [0.05, 0.1) is 0 Å². The van der Waals surface area contributed by atoms with Crippen molar-refractivity contribution in [2.75, 3.05) is 6.61 Å². The van der Waals surface area contributed by atoms with Crippen LogP contribution in [0.4, 0.5) is 0 Å². The molecule has 2 rings (SSSR count). The molecule has 27 heavy (non-hydrogen) atoms. The molecule has 0 aliphatic carbocycles. The van der Waals surface area contributed by atoms with Crippen LogP contribution in [0.15, 0.2) is 60.7 Å². The molecule has 6 heteroatoms. The zero-order chi connectivity index (χ0) is 19.6. The smallest absolute Gasteiger partial charge is 0.329 e. The maximum absolute atomic E-state index is 12.3. The number of nitrogens with one attached hydrogen (secondary N) is 2. The minimum absolute atomic E-state index is 0.183. The highest BCUT2D eigenvalue weighted by Gasteiger charge is 2.26. The van der Waals surface area contributed by atoms with Gasteiger partial charge in [-0.3, -0.25) is 9.59 Å².